The number of hydrogen-bond donors (Lipinski definition) is 2. The maximum absolute atomic E-state index is 12.4. The summed E-state index contributed by atoms with van der Waals surface area (Å²) in [5.74, 6) is -0.541. The zero-order valence-electron chi connectivity index (χ0n) is 14.5. The van der Waals surface area contributed by atoms with Crippen molar-refractivity contribution in [3.8, 4) is 0 Å². The fourth-order valence-electron chi connectivity index (χ4n) is 2.81. The van der Waals surface area contributed by atoms with Gasteiger partial charge in [0.25, 0.3) is 11.5 Å². The molecule has 1 aromatic heterocycles. The third-order valence-corrected chi connectivity index (χ3v) is 4.38. The molecule has 2 aromatic carbocycles. The Hall–Kier alpha value is -3.48. The van der Waals surface area contributed by atoms with E-state index in [9.17, 15) is 14.4 Å². The SMILES string of the molecule is O=C(Cn1ncc2ccccc2c1=O)Nc1cccc(C(=O)NC2CC2)c1. The molecule has 1 aliphatic rings. The number of fused-ring (bicyclic) bond motifs is 1. The summed E-state index contributed by atoms with van der Waals surface area (Å²) in [7, 11) is 0. The average Bonchev–Trinajstić information content (AvgIpc) is 3.48. The quantitative estimate of drug-likeness (QED) is 0.725. The van der Waals surface area contributed by atoms with Crippen LogP contribution in [0.2, 0.25) is 0 Å². The van der Waals surface area contributed by atoms with Crippen LogP contribution < -0.4 is 16.2 Å². The molecule has 2 N–H and O–H groups in total. The van der Waals surface area contributed by atoms with Crippen molar-refractivity contribution in [3.05, 3.63) is 70.6 Å². The molecule has 7 nitrogen and oxygen atoms in total. The van der Waals surface area contributed by atoms with Crippen LogP contribution in [0, 0.1) is 0 Å². The first-order valence-corrected chi connectivity index (χ1v) is 8.76. The zero-order valence-corrected chi connectivity index (χ0v) is 14.5. The van der Waals surface area contributed by atoms with Gasteiger partial charge in [-0.15, -0.1) is 0 Å². The Kier molecular flexibility index (Phi) is 4.42. The summed E-state index contributed by atoms with van der Waals surface area (Å²) < 4.78 is 1.13. The minimum absolute atomic E-state index is 0.152. The minimum Gasteiger partial charge on any atom is -0.349 e. The predicted molar refractivity (Wildman–Crippen MR) is 102 cm³/mol. The Balaban J connectivity index is 1.47. The van der Waals surface area contributed by atoms with Crippen LogP contribution in [-0.2, 0) is 11.3 Å². The topological polar surface area (TPSA) is 93.1 Å². The lowest BCUT2D eigenvalue weighted by atomic mass is 10.2. The number of aromatic nitrogens is 2. The van der Waals surface area contributed by atoms with E-state index in [-0.39, 0.29) is 30.0 Å². The number of amides is 2. The highest BCUT2D eigenvalue weighted by atomic mass is 16.2. The number of nitrogens with zero attached hydrogens (tertiary/aromatic N) is 2. The third-order valence-electron chi connectivity index (χ3n) is 4.38. The fourth-order valence-corrected chi connectivity index (χ4v) is 2.81. The average molecular weight is 362 g/mol. The van der Waals surface area contributed by atoms with Gasteiger partial charge in [0.15, 0.2) is 0 Å². The molecule has 0 saturated heterocycles. The molecule has 0 spiro atoms. The predicted octanol–water partition coefficient (Wildman–Crippen LogP) is 1.93. The van der Waals surface area contributed by atoms with Crippen LogP contribution in [0.3, 0.4) is 0 Å². The van der Waals surface area contributed by atoms with Crippen LogP contribution in [0.15, 0.2) is 59.5 Å². The van der Waals surface area contributed by atoms with E-state index in [0.717, 1.165) is 22.9 Å². The van der Waals surface area contributed by atoms with Gasteiger partial charge in [0.1, 0.15) is 6.54 Å². The van der Waals surface area contributed by atoms with Crippen LogP contribution in [0.1, 0.15) is 23.2 Å². The molecule has 1 heterocycles. The van der Waals surface area contributed by atoms with Gasteiger partial charge < -0.3 is 10.6 Å². The maximum atomic E-state index is 12.4. The van der Waals surface area contributed by atoms with Crippen molar-refractivity contribution in [2.24, 2.45) is 0 Å². The molecule has 0 unspecified atom stereocenters. The van der Waals surface area contributed by atoms with Gasteiger partial charge in [0.05, 0.1) is 11.6 Å². The molecule has 0 radical (unpaired) electrons. The van der Waals surface area contributed by atoms with E-state index < -0.39 is 0 Å². The van der Waals surface area contributed by atoms with Gasteiger partial charge in [-0.3, -0.25) is 14.4 Å². The van der Waals surface area contributed by atoms with Crippen molar-refractivity contribution < 1.29 is 9.59 Å². The van der Waals surface area contributed by atoms with Crippen molar-refractivity contribution in [2.75, 3.05) is 5.32 Å². The van der Waals surface area contributed by atoms with Crippen LogP contribution in [0.4, 0.5) is 5.69 Å². The molecule has 1 fully saturated rings. The Morgan fingerprint density at radius 3 is 2.74 bits per heavy atom. The van der Waals surface area contributed by atoms with Crippen molar-refractivity contribution in [1.82, 2.24) is 15.1 Å². The van der Waals surface area contributed by atoms with Gasteiger partial charge in [-0.05, 0) is 37.1 Å². The molecule has 3 aromatic rings. The minimum atomic E-state index is -0.389. The van der Waals surface area contributed by atoms with Crippen LogP contribution in [-0.4, -0.2) is 27.6 Å². The number of benzene rings is 2. The second kappa shape index (κ2) is 7.03. The smallest absolute Gasteiger partial charge is 0.275 e. The lowest BCUT2D eigenvalue weighted by Gasteiger charge is -2.09. The number of hydrogen-bond acceptors (Lipinski definition) is 4. The van der Waals surface area contributed by atoms with Gasteiger partial charge >= 0.3 is 0 Å². The Morgan fingerprint density at radius 1 is 1.11 bits per heavy atom. The Morgan fingerprint density at radius 2 is 1.93 bits per heavy atom. The van der Waals surface area contributed by atoms with Gasteiger partial charge in [-0.2, -0.15) is 5.10 Å². The number of nitrogens with one attached hydrogen (secondary N) is 2. The molecular formula is C20H18N4O3. The third kappa shape index (κ3) is 3.87. The van der Waals surface area contributed by atoms with E-state index in [1.54, 1.807) is 48.7 Å². The standard InChI is InChI=1S/C20H18N4O3/c25-18(12-24-20(27)17-7-2-1-4-14(17)11-21-24)22-16-6-3-5-13(10-16)19(26)23-15-8-9-15/h1-7,10-11,15H,8-9,12H2,(H,22,25)(H,23,26). The largest absolute Gasteiger partial charge is 0.349 e. The molecule has 1 aliphatic carbocycles. The zero-order chi connectivity index (χ0) is 18.8. The van der Waals surface area contributed by atoms with Gasteiger partial charge in [0.2, 0.25) is 5.91 Å². The van der Waals surface area contributed by atoms with Crippen LogP contribution in [0.25, 0.3) is 10.8 Å². The van der Waals surface area contributed by atoms with Gasteiger partial charge in [0, 0.05) is 22.7 Å². The number of carbonyl (C=O) groups is 2. The number of carbonyl (C=O) groups excluding carboxylic acids is 2. The summed E-state index contributed by atoms with van der Waals surface area (Å²) in [6.45, 7) is -0.206. The lowest BCUT2D eigenvalue weighted by Crippen LogP contribution is -2.29. The van der Waals surface area contributed by atoms with E-state index in [2.05, 4.69) is 15.7 Å². The van der Waals surface area contributed by atoms with Gasteiger partial charge in [-0.25, -0.2) is 4.68 Å². The monoisotopic (exact) mass is 362 g/mol. The molecule has 0 bridgehead atoms. The summed E-state index contributed by atoms with van der Waals surface area (Å²) in [6, 6.07) is 14.1. The number of rotatable bonds is 5. The van der Waals surface area contributed by atoms with E-state index in [4.69, 9.17) is 0 Å². The number of anilines is 1. The van der Waals surface area contributed by atoms with Crippen molar-refractivity contribution in [2.45, 2.75) is 25.4 Å². The lowest BCUT2D eigenvalue weighted by molar-refractivity contribution is -0.117. The normalized spacial score (nSPS) is 13.3. The first-order valence-electron chi connectivity index (χ1n) is 8.76. The van der Waals surface area contributed by atoms with E-state index >= 15 is 0 Å². The highest BCUT2D eigenvalue weighted by Gasteiger charge is 2.23. The molecule has 27 heavy (non-hydrogen) atoms. The van der Waals surface area contributed by atoms with Crippen LogP contribution in [0.5, 0.6) is 0 Å². The summed E-state index contributed by atoms with van der Waals surface area (Å²) in [6.07, 6.45) is 3.58. The summed E-state index contributed by atoms with van der Waals surface area (Å²) in [4.78, 5) is 36.9. The molecule has 7 heteroatoms. The summed E-state index contributed by atoms with van der Waals surface area (Å²) in [5, 5.41) is 10.9. The highest BCUT2D eigenvalue weighted by molar-refractivity contribution is 5.97. The first kappa shape index (κ1) is 17.0. The Bertz CT molecular complexity index is 1090. The molecule has 1 saturated carbocycles. The second-order valence-electron chi connectivity index (χ2n) is 6.57. The molecule has 0 atom stereocenters. The molecule has 2 amide bonds. The van der Waals surface area contributed by atoms with Crippen LogP contribution >= 0.6 is 0 Å². The Labute approximate surface area is 155 Å². The van der Waals surface area contributed by atoms with Crippen molar-refractivity contribution in [3.63, 3.8) is 0 Å². The second-order valence-corrected chi connectivity index (χ2v) is 6.57. The molecule has 0 aliphatic heterocycles. The summed E-state index contributed by atoms with van der Waals surface area (Å²) >= 11 is 0. The highest BCUT2D eigenvalue weighted by Crippen LogP contribution is 2.20. The maximum Gasteiger partial charge on any atom is 0.275 e. The van der Waals surface area contributed by atoms with E-state index in [0.29, 0.717) is 16.6 Å². The summed E-state index contributed by atoms with van der Waals surface area (Å²) in [5.41, 5.74) is 0.666. The first-order chi connectivity index (χ1) is 13.1. The molecular weight excluding hydrogens is 344 g/mol. The molecule has 4 rings (SSSR count). The van der Waals surface area contributed by atoms with Crippen molar-refractivity contribution >= 4 is 28.3 Å². The fraction of sp³-hybridized carbons (Fsp3) is 0.200. The van der Waals surface area contributed by atoms with Gasteiger partial charge in [-0.1, -0.05) is 24.3 Å². The van der Waals surface area contributed by atoms with Crippen molar-refractivity contribution in [1.29, 1.82) is 0 Å². The molecule has 136 valence electrons. The van der Waals surface area contributed by atoms with E-state index in [1.165, 1.54) is 0 Å². The van der Waals surface area contributed by atoms with E-state index in [1.807, 2.05) is 6.07 Å².